The highest BCUT2D eigenvalue weighted by Gasteiger charge is 2.36. The molecule has 0 spiro atoms. The summed E-state index contributed by atoms with van der Waals surface area (Å²) >= 11 is 8.22. The van der Waals surface area contributed by atoms with Gasteiger partial charge in [0.25, 0.3) is 0 Å². The highest BCUT2D eigenvalue weighted by atomic mass is 35.5. The predicted octanol–water partition coefficient (Wildman–Crippen LogP) is 4.85. The molecule has 3 rings (SSSR count). The van der Waals surface area contributed by atoms with Crippen molar-refractivity contribution in [1.29, 1.82) is 0 Å². The minimum Gasteiger partial charge on any atom is -0.479 e. The van der Waals surface area contributed by atoms with Gasteiger partial charge in [-0.15, -0.1) is 0 Å². The van der Waals surface area contributed by atoms with Gasteiger partial charge in [0, 0.05) is 35.6 Å². The summed E-state index contributed by atoms with van der Waals surface area (Å²) in [7, 11) is 1.82. The van der Waals surface area contributed by atoms with Crippen LogP contribution in [0.1, 0.15) is 30.5 Å². The number of rotatable bonds is 9. The molecule has 1 aliphatic rings. The number of carbonyl (C=O) groups is 1. The molecule has 0 radical (unpaired) electrons. The van der Waals surface area contributed by atoms with Gasteiger partial charge in [-0.3, -0.25) is 0 Å². The van der Waals surface area contributed by atoms with Crippen LogP contribution in [0.25, 0.3) is 5.57 Å². The van der Waals surface area contributed by atoms with Crippen molar-refractivity contribution in [2.24, 2.45) is 5.92 Å². The number of nitrogens with one attached hydrogen (secondary N) is 3. The summed E-state index contributed by atoms with van der Waals surface area (Å²) in [4.78, 5) is 12.2. The van der Waals surface area contributed by atoms with Gasteiger partial charge < -0.3 is 21.1 Å². The predicted molar refractivity (Wildman–Crippen MR) is 134 cm³/mol. The Morgan fingerprint density at radius 2 is 1.94 bits per heavy atom. The quantitative estimate of drug-likeness (QED) is 0.419. The van der Waals surface area contributed by atoms with Crippen molar-refractivity contribution >= 4 is 34.9 Å². The number of hydrogen-bond donors (Lipinski definition) is 4. The first-order valence-electron chi connectivity index (χ1n) is 10.6. The van der Waals surface area contributed by atoms with Gasteiger partial charge in [0.15, 0.2) is 6.04 Å². The normalized spacial score (nSPS) is 17.4. The monoisotopic (exact) mass is 471 g/mol. The molecule has 5 nitrogen and oxygen atoms in total. The fourth-order valence-electron chi connectivity index (χ4n) is 3.90. The highest BCUT2D eigenvalue weighted by Crippen LogP contribution is 2.35. The van der Waals surface area contributed by atoms with Crippen LogP contribution in [0.2, 0.25) is 5.02 Å². The third-order valence-electron chi connectivity index (χ3n) is 5.43. The summed E-state index contributed by atoms with van der Waals surface area (Å²) in [6.45, 7) is 4.84. The fraction of sp³-hybridized carbons (Fsp3) is 0.320. The number of halogens is 1. The lowest BCUT2D eigenvalue weighted by molar-refractivity contribution is -0.137. The topological polar surface area (TPSA) is 73.4 Å². The average Bonchev–Trinajstić information content (AvgIpc) is 3.15. The molecule has 0 fully saturated rings. The summed E-state index contributed by atoms with van der Waals surface area (Å²) in [5.41, 5.74) is 6.20. The smallest absolute Gasteiger partial charge is 0.330 e. The van der Waals surface area contributed by atoms with Crippen molar-refractivity contribution in [2.45, 2.75) is 32.2 Å². The van der Waals surface area contributed by atoms with Crippen LogP contribution in [0, 0.1) is 5.92 Å². The number of benzene rings is 2. The summed E-state index contributed by atoms with van der Waals surface area (Å²) in [6, 6.07) is 15.1. The van der Waals surface area contributed by atoms with E-state index in [9.17, 15) is 9.90 Å². The lowest BCUT2D eigenvalue weighted by atomic mass is 9.97. The first-order chi connectivity index (χ1) is 15.4. The molecule has 7 heteroatoms. The number of allylic oxidation sites excluding steroid dienone is 1. The number of likely N-dealkylation sites (N-methyl/N-ethyl adjacent to an activating group) is 1. The van der Waals surface area contributed by atoms with E-state index in [2.05, 4.69) is 41.9 Å². The Hall–Kier alpha value is -2.57. The lowest BCUT2D eigenvalue weighted by Gasteiger charge is -2.20. The van der Waals surface area contributed by atoms with Gasteiger partial charge in [0.05, 0.1) is 11.4 Å². The summed E-state index contributed by atoms with van der Waals surface area (Å²) in [5.74, 6) is 0.0353. The Labute approximate surface area is 199 Å². The van der Waals surface area contributed by atoms with E-state index in [1.807, 2.05) is 49.7 Å². The van der Waals surface area contributed by atoms with Gasteiger partial charge in [-0.05, 0) is 34.9 Å². The van der Waals surface area contributed by atoms with E-state index in [1.54, 1.807) is 11.8 Å². The first-order valence-corrected chi connectivity index (χ1v) is 12.4. The number of hydrogen-bond acceptors (Lipinski definition) is 5. The molecule has 1 aliphatic heterocycles. The third-order valence-corrected chi connectivity index (χ3v) is 6.38. The number of carboxylic acid groups (broad SMARTS) is 1. The van der Waals surface area contributed by atoms with Crippen molar-refractivity contribution in [3.05, 3.63) is 87.3 Å². The fourth-order valence-corrected chi connectivity index (χ4v) is 4.79. The highest BCUT2D eigenvalue weighted by molar-refractivity contribution is 7.97. The van der Waals surface area contributed by atoms with E-state index in [-0.39, 0.29) is 5.92 Å². The van der Waals surface area contributed by atoms with Crippen LogP contribution in [-0.2, 0) is 17.1 Å². The second-order valence-corrected chi connectivity index (χ2v) is 9.25. The van der Waals surface area contributed by atoms with Crippen LogP contribution in [-0.4, -0.2) is 30.4 Å². The Balaban J connectivity index is 2.08. The van der Waals surface area contributed by atoms with Gasteiger partial charge in [-0.1, -0.05) is 67.9 Å². The zero-order valence-corrected chi connectivity index (χ0v) is 20.4. The molecular formula is C25H30ClN3O2S. The maximum absolute atomic E-state index is 12.2. The average molecular weight is 472 g/mol. The third kappa shape index (κ3) is 5.25. The summed E-state index contributed by atoms with van der Waals surface area (Å²) in [5, 5.41) is 20.7. The van der Waals surface area contributed by atoms with Gasteiger partial charge >= 0.3 is 5.97 Å². The molecule has 2 aromatic carbocycles. The second-order valence-electron chi connectivity index (χ2n) is 7.98. The van der Waals surface area contributed by atoms with E-state index in [0.717, 1.165) is 39.5 Å². The Bertz CT molecular complexity index is 1030. The van der Waals surface area contributed by atoms with Crippen molar-refractivity contribution in [1.82, 2.24) is 16.0 Å². The second kappa shape index (κ2) is 10.8. The molecule has 32 heavy (non-hydrogen) atoms. The summed E-state index contributed by atoms with van der Waals surface area (Å²) in [6.07, 6.45) is 2.03. The van der Waals surface area contributed by atoms with Crippen molar-refractivity contribution in [3.8, 4) is 0 Å². The van der Waals surface area contributed by atoms with Gasteiger partial charge in [-0.25, -0.2) is 4.79 Å². The zero-order chi connectivity index (χ0) is 23.3. The lowest BCUT2D eigenvalue weighted by Crippen LogP contribution is -2.34. The minimum atomic E-state index is -0.932. The number of aliphatic carboxylic acids is 1. The maximum Gasteiger partial charge on any atom is 0.330 e. The van der Waals surface area contributed by atoms with E-state index in [1.165, 1.54) is 0 Å². The number of carboxylic acids is 1. The standard InChI is InChI=1S/C25H30ClN3O2S/c1-15(2)21(28-13-16-8-6-5-7-9-16)24-22(27-3)20(23(29-24)25(30)31)17-10-11-18(14-32-4)19(26)12-17/h5-12,15,23,27-29H,13-14H2,1-4H3,(H,30,31)/b24-21+. The van der Waals surface area contributed by atoms with Crippen LogP contribution in [0.3, 0.4) is 0 Å². The van der Waals surface area contributed by atoms with Crippen molar-refractivity contribution in [2.75, 3.05) is 13.3 Å². The largest absolute Gasteiger partial charge is 0.479 e. The Morgan fingerprint density at radius 3 is 2.50 bits per heavy atom. The molecule has 1 heterocycles. The summed E-state index contributed by atoms with van der Waals surface area (Å²) < 4.78 is 0. The van der Waals surface area contributed by atoms with E-state index < -0.39 is 12.0 Å². The SMILES string of the molecule is CNC1=C(c2ccc(CSC)c(Cl)c2)C(C(=O)O)N/C1=C(/NCc1ccccc1)C(C)C. The van der Waals surface area contributed by atoms with Crippen LogP contribution in [0.5, 0.6) is 0 Å². The molecule has 0 bridgehead atoms. The van der Waals surface area contributed by atoms with Crippen LogP contribution in [0.15, 0.2) is 65.6 Å². The maximum atomic E-state index is 12.2. The van der Waals surface area contributed by atoms with Crippen molar-refractivity contribution < 1.29 is 9.90 Å². The van der Waals surface area contributed by atoms with E-state index in [4.69, 9.17) is 11.6 Å². The van der Waals surface area contributed by atoms with E-state index in [0.29, 0.717) is 17.1 Å². The zero-order valence-electron chi connectivity index (χ0n) is 18.8. The molecule has 0 saturated carbocycles. The minimum absolute atomic E-state index is 0.158. The molecule has 1 atom stereocenters. The van der Waals surface area contributed by atoms with Crippen molar-refractivity contribution in [3.63, 3.8) is 0 Å². The molecule has 0 amide bonds. The molecule has 0 aromatic heterocycles. The van der Waals surface area contributed by atoms with Crippen LogP contribution in [0.4, 0.5) is 0 Å². The van der Waals surface area contributed by atoms with Gasteiger partial charge in [0.1, 0.15) is 0 Å². The molecule has 1 unspecified atom stereocenters. The van der Waals surface area contributed by atoms with Crippen LogP contribution >= 0.6 is 23.4 Å². The molecule has 0 saturated heterocycles. The Morgan fingerprint density at radius 1 is 1.22 bits per heavy atom. The molecule has 0 aliphatic carbocycles. The first kappa shape index (κ1) is 24.1. The van der Waals surface area contributed by atoms with Gasteiger partial charge in [0.2, 0.25) is 0 Å². The van der Waals surface area contributed by atoms with E-state index >= 15 is 0 Å². The molecule has 2 aromatic rings. The van der Waals surface area contributed by atoms with Gasteiger partial charge in [-0.2, -0.15) is 11.8 Å². The number of thioether (sulfide) groups is 1. The van der Waals surface area contributed by atoms with Crippen LogP contribution < -0.4 is 16.0 Å². The molecular weight excluding hydrogens is 442 g/mol. The Kier molecular flexibility index (Phi) is 8.15. The molecule has 4 N–H and O–H groups in total. The molecule has 170 valence electrons.